The summed E-state index contributed by atoms with van der Waals surface area (Å²) in [5.74, 6) is 1.07. The zero-order chi connectivity index (χ0) is 12.8. The Hall–Kier alpha value is -0.570. The fourth-order valence-corrected chi connectivity index (χ4v) is 3.45. The maximum absolute atomic E-state index is 12.5. The number of nitrogens with zero attached hydrogens (tertiary/aromatic N) is 1. The zero-order valence-corrected chi connectivity index (χ0v) is 11.6. The number of carbonyl (C=O) groups is 1. The fraction of sp³-hybridized carbons (Fsp3) is 0.929. The van der Waals surface area contributed by atoms with E-state index in [9.17, 15) is 4.79 Å². The van der Waals surface area contributed by atoms with Crippen LogP contribution in [0.15, 0.2) is 0 Å². The van der Waals surface area contributed by atoms with Crippen molar-refractivity contribution in [3.05, 3.63) is 0 Å². The number of amides is 1. The highest BCUT2D eigenvalue weighted by Gasteiger charge is 2.68. The van der Waals surface area contributed by atoms with E-state index in [-0.39, 0.29) is 16.7 Å². The van der Waals surface area contributed by atoms with E-state index in [1.807, 2.05) is 0 Å². The Morgan fingerprint density at radius 1 is 1.29 bits per heavy atom. The third-order valence-electron chi connectivity index (χ3n) is 5.43. The molecule has 0 aromatic rings. The third-order valence-corrected chi connectivity index (χ3v) is 5.43. The lowest BCUT2D eigenvalue weighted by Gasteiger charge is -2.32. The largest absolute Gasteiger partial charge is 0.342 e. The number of carbonyl (C=O) groups excluding carboxylic acids is 1. The summed E-state index contributed by atoms with van der Waals surface area (Å²) in [6.45, 7) is 11.3. The maximum Gasteiger partial charge on any atom is 0.226 e. The molecule has 2 aliphatic rings. The smallest absolute Gasteiger partial charge is 0.226 e. The second kappa shape index (κ2) is 3.98. The van der Waals surface area contributed by atoms with Gasteiger partial charge in [0, 0.05) is 19.0 Å². The zero-order valence-electron chi connectivity index (χ0n) is 11.6. The second-order valence-electron chi connectivity index (χ2n) is 6.90. The van der Waals surface area contributed by atoms with E-state index in [1.165, 1.54) is 6.42 Å². The van der Waals surface area contributed by atoms with Gasteiger partial charge in [0.15, 0.2) is 0 Å². The number of nitrogens with two attached hydrogens (primary N) is 1. The summed E-state index contributed by atoms with van der Waals surface area (Å²) >= 11 is 0. The minimum atomic E-state index is 0.153. The van der Waals surface area contributed by atoms with Crippen LogP contribution in [0.5, 0.6) is 0 Å². The van der Waals surface area contributed by atoms with Crippen molar-refractivity contribution in [2.24, 2.45) is 28.4 Å². The Morgan fingerprint density at radius 2 is 1.88 bits per heavy atom. The van der Waals surface area contributed by atoms with Crippen molar-refractivity contribution >= 4 is 5.91 Å². The van der Waals surface area contributed by atoms with Crippen LogP contribution in [0.1, 0.15) is 40.5 Å². The van der Waals surface area contributed by atoms with Crippen LogP contribution in [-0.2, 0) is 4.79 Å². The standard InChI is InChI=1S/C14H26N2O/c1-13(2)11(14(13,3)4)12(17)16-7-5-6-10(8-15)9-16/h10-11H,5-9,15H2,1-4H3. The molecule has 0 spiro atoms. The van der Waals surface area contributed by atoms with Crippen molar-refractivity contribution in [1.82, 2.24) is 4.90 Å². The summed E-state index contributed by atoms with van der Waals surface area (Å²) in [6.07, 6.45) is 2.29. The van der Waals surface area contributed by atoms with Gasteiger partial charge < -0.3 is 10.6 Å². The van der Waals surface area contributed by atoms with Crippen molar-refractivity contribution in [3.63, 3.8) is 0 Å². The lowest BCUT2D eigenvalue weighted by molar-refractivity contribution is -0.135. The minimum Gasteiger partial charge on any atom is -0.342 e. The van der Waals surface area contributed by atoms with Crippen molar-refractivity contribution in [3.8, 4) is 0 Å². The SMILES string of the molecule is CC1(C)C(C(=O)N2CCCC(CN)C2)C1(C)C. The molecular weight excluding hydrogens is 212 g/mol. The average Bonchev–Trinajstić information content (AvgIpc) is 2.69. The predicted molar refractivity (Wildman–Crippen MR) is 69.4 cm³/mol. The summed E-state index contributed by atoms with van der Waals surface area (Å²) in [5.41, 5.74) is 6.03. The van der Waals surface area contributed by atoms with E-state index in [0.29, 0.717) is 18.4 Å². The predicted octanol–water partition coefficient (Wildman–Crippen LogP) is 1.87. The first-order chi connectivity index (χ1) is 7.82. The Labute approximate surface area is 105 Å². The molecule has 2 rings (SSSR count). The highest BCUT2D eigenvalue weighted by molar-refractivity contribution is 5.84. The third kappa shape index (κ3) is 1.88. The number of hydrogen-bond donors (Lipinski definition) is 1. The number of rotatable bonds is 2. The molecule has 1 aliphatic heterocycles. The van der Waals surface area contributed by atoms with E-state index in [2.05, 4.69) is 32.6 Å². The molecular formula is C14H26N2O. The first-order valence-electron chi connectivity index (χ1n) is 6.81. The molecule has 1 unspecified atom stereocenters. The first-order valence-corrected chi connectivity index (χ1v) is 6.81. The molecule has 17 heavy (non-hydrogen) atoms. The molecule has 1 saturated carbocycles. The topological polar surface area (TPSA) is 46.3 Å². The van der Waals surface area contributed by atoms with Crippen LogP contribution in [0, 0.1) is 22.7 Å². The molecule has 1 saturated heterocycles. The van der Waals surface area contributed by atoms with Gasteiger partial charge in [0.05, 0.1) is 0 Å². The molecule has 0 radical (unpaired) electrons. The summed E-state index contributed by atoms with van der Waals surface area (Å²) in [7, 11) is 0. The molecule has 1 heterocycles. The van der Waals surface area contributed by atoms with Gasteiger partial charge >= 0.3 is 0 Å². The summed E-state index contributed by atoms with van der Waals surface area (Å²) < 4.78 is 0. The van der Waals surface area contributed by atoms with Gasteiger partial charge in [0.25, 0.3) is 0 Å². The first kappa shape index (κ1) is 12.9. The van der Waals surface area contributed by atoms with E-state index in [4.69, 9.17) is 5.73 Å². The molecule has 1 amide bonds. The second-order valence-corrected chi connectivity index (χ2v) is 6.90. The van der Waals surface area contributed by atoms with Gasteiger partial charge in [-0.3, -0.25) is 4.79 Å². The summed E-state index contributed by atoms with van der Waals surface area (Å²) in [6, 6.07) is 0. The van der Waals surface area contributed by atoms with Gasteiger partial charge in [-0.15, -0.1) is 0 Å². The van der Waals surface area contributed by atoms with E-state index in [1.54, 1.807) is 0 Å². The molecule has 2 N–H and O–H groups in total. The van der Waals surface area contributed by atoms with Crippen LogP contribution in [-0.4, -0.2) is 30.4 Å². The van der Waals surface area contributed by atoms with E-state index >= 15 is 0 Å². The van der Waals surface area contributed by atoms with Crippen LogP contribution in [0.2, 0.25) is 0 Å². The van der Waals surface area contributed by atoms with Crippen LogP contribution in [0.4, 0.5) is 0 Å². The molecule has 2 fully saturated rings. The van der Waals surface area contributed by atoms with Crippen LogP contribution >= 0.6 is 0 Å². The Morgan fingerprint density at radius 3 is 2.35 bits per heavy atom. The molecule has 1 atom stereocenters. The molecule has 3 heteroatoms. The van der Waals surface area contributed by atoms with Crippen molar-refractivity contribution in [2.75, 3.05) is 19.6 Å². The van der Waals surface area contributed by atoms with Gasteiger partial charge in [-0.2, -0.15) is 0 Å². The molecule has 0 aromatic carbocycles. The maximum atomic E-state index is 12.5. The molecule has 3 nitrogen and oxygen atoms in total. The summed E-state index contributed by atoms with van der Waals surface area (Å²) in [4.78, 5) is 14.6. The fourth-order valence-electron chi connectivity index (χ4n) is 3.45. The Kier molecular flexibility index (Phi) is 3.01. The van der Waals surface area contributed by atoms with Gasteiger partial charge in [0.1, 0.15) is 0 Å². The highest BCUT2D eigenvalue weighted by Crippen LogP contribution is 2.68. The van der Waals surface area contributed by atoms with Gasteiger partial charge in [-0.1, -0.05) is 27.7 Å². The van der Waals surface area contributed by atoms with Gasteiger partial charge in [-0.05, 0) is 36.1 Å². The summed E-state index contributed by atoms with van der Waals surface area (Å²) in [5, 5.41) is 0. The lowest BCUT2D eigenvalue weighted by Crippen LogP contribution is -2.43. The van der Waals surface area contributed by atoms with Crippen molar-refractivity contribution in [2.45, 2.75) is 40.5 Å². The average molecular weight is 238 g/mol. The van der Waals surface area contributed by atoms with E-state index < -0.39 is 0 Å². The molecule has 98 valence electrons. The molecule has 0 aromatic heterocycles. The normalized spacial score (nSPS) is 31.4. The van der Waals surface area contributed by atoms with Gasteiger partial charge in [0.2, 0.25) is 5.91 Å². The van der Waals surface area contributed by atoms with Crippen molar-refractivity contribution < 1.29 is 4.79 Å². The van der Waals surface area contributed by atoms with Crippen molar-refractivity contribution in [1.29, 1.82) is 0 Å². The minimum absolute atomic E-state index is 0.153. The number of likely N-dealkylation sites (tertiary alicyclic amines) is 1. The van der Waals surface area contributed by atoms with Crippen LogP contribution in [0.3, 0.4) is 0 Å². The Bertz CT molecular complexity index is 308. The molecule has 1 aliphatic carbocycles. The van der Waals surface area contributed by atoms with Crippen LogP contribution in [0.25, 0.3) is 0 Å². The molecule has 0 bridgehead atoms. The quantitative estimate of drug-likeness (QED) is 0.798. The highest BCUT2D eigenvalue weighted by atomic mass is 16.2. The monoisotopic (exact) mass is 238 g/mol. The van der Waals surface area contributed by atoms with Crippen LogP contribution < -0.4 is 5.73 Å². The van der Waals surface area contributed by atoms with Gasteiger partial charge in [-0.25, -0.2) is 0 Å². The lowest BCUT2D eigenvalue weighted by atomic mass is 9.97. The Balaban J connectivity index is 2.02. The number of hydrogen-bond acceptors (Lipinski definition) is 2. The number of piperidine rings is 1. The van der Waals surface area contributed by atoms with E-state index in [0.717, 1.165) is 19.5 Å².